The summed E-state index contributed by atoms with van der Waals surface area (Å²) < 4.78 is 36.1. The Balaban J connectivity index is 1.66. The molecule has 0 amide bonds. The van der Waals surface area contributed by atoms with Gasteiger partial charge in [-0.15, -0.1) is 0 Å². The van der Waals surface area contributed by atoms with Crippen molar-refractivity contribution < 1.29 is 17.9 Å². The van der Waals surface area contributed by atoms with Crippen LogP contribution in [0.4, 0.5) is 0 Å². The molecule has 2 atom stereocenters. The van der Waals surface area contributed by atoms with E-state index in [1.165, 1.54) is 6.42 Å². The maximum absolute atomic E-state index is 12.4. The van der Waals surface area contributed by atoms with E-state index in [4.69, 9.17) is 9.47 Å². The van der Waals surface area contributed by atoms with Gasteiger partial charge in [-0.2, -0.15) is 0 Å². The molecular weight excluding hydrogens is 348 g/mol. The van der Waals surface area contributed by atoms with E-state index in [1.807, 2.05) is 13.0 Å². The monoisotopic (exact) mass is 380 g/mol. The first kappa shape index (κ1) is 21.1. The van der Waals surface area contributed by atoms with Crippen molar-refractivity contribution in [3.8, 4) is 0 Å². The molecule has 0 saturated carbocycles. The van der Waals surface area contributed by atoms with Crippen molar-refractivity contribution in [3.63, 3.8) is 0 Å². The van der Waals surface area contributed by atoms with Gasteiger partial charge in [0.2, 0.25) is 0 Å². The summed E-state index contributed by atoms with van der Waals surface area (Å²) in [5, 5.41) is 0. The lowest BCUT2D eigenvalue weighted by atomic mass is 10.0. The zero-order valence-electron chi connectivity index (χ0n) is 16.0. The predicted molar refractivity (Wildman–Crippen MR) is 105 cm³/mol. The van der Waals surface area contributed by atoms with E-state index >= 15 is 0 Å². The molecule has 0 N–H and O–H groups in total. The lowest BCUT2D eigenvalue weighted by Crippen LogP contribution is -2.23. The summed E-state index contributed by atoms with van der Waals surface area (Å²) in [4.78, 5) is 0.392. The average molecular weight is 381 g/mol. The maximum atomic E-state index is 12.4. The smallest absolute Gasteiger partial charge is 0.182 e. The topological polar surface area (TPSA) is 52.6 Å². The van der Waals surface area contributed by atoms with E-state index < -0.39 is 9.84 Å². The van der Waals surface area contributed by atoms with Crippen molar-refractivity contribution in [1.82, 2.24) is 0 Å². The van der Waals surface area contributed by atoms with Crippen LogP contribution in [0, 0.1) is 5.92 Å². The Bertz CT molecular complexity index is 646. The van der Waals surface area contributed by atoms with Gasteiger partial charge in [0, 0.05) is 13.2 Å². The summed E-state index contributed by atoms with van der Waals surface area (Å²) in [5.41, 5.74) is 0.910. The van der Waals surface area contributed by atoms with E-state index in [0.29, 0.717) is 10.8 Å². The van der Waals surface area contributed by atoms with E-state index in [-0.39, 0.29) is 12.0 Å². The van der Waals surface area contributed by atoms with Crippen LogP contribution in [0.3, 0.4) is 0 Å². The molecule has 0 bridgehead atoms. The number of allylic oxidation sites excluding steroid dienone is 1. The minimum Gasteiger partial charge on any atom is -0.353 e. The molecule has 1 aliphatic heterocycles. The number of hydrogen-bond acceptors (Lipinski definition) is 4. The highest BCUT2D eigenvalue weighted by molar-refractivity contribution is 7.91. The zero-order chi connectivity index (χ0) is 18.8. The third-order valence-corrected chi connectivity index (χ3v) is 6.55. The molecule has 1 heterocycles. The van der Waals surface area contributed by atoms with Gasteiger partial charge in [0.15, 0.2) is 16.1 Å². The maximum Gasteiger partial charge on any atom is 0.182 e. The van der Waals surface area contributed by atoms with Crippen molar-refractivity contribution in [2.45, 2.75) is 63.6 Å². The lowest BCUT2D eigenvalue weighted by Gasteiger charge is -2.23. The standard InChI is InChI=1S/C21H32O4S/c1-18(14-16-25-21-13-6-7-15-24-21)9-8-10-19(2)17-26(22,23)20-11-4-3-5-12-20/h3-5,10-12,18,21H,6-9,13-17H2,1-2H3. The molecule has 0 aliphatic carbocycles. The van der Waals surface area contributed by atoms with Crippen molar-refractivity contribution in [1.29, 1.82) is 0 Å². The second-order valence-corrected chi connectivity index (χ2v) is 9.25. The summed E-state index contributed by atoms with van der Waals surface area (Å²) in [5.74, 6) is 0.640. The molecule has 1 saturated heterocycles. The number of benzene rings is 1. The molecule has 0 spiro atoms. The summed E-state index contributed by atoms with van der Waals surface area (Å²) in [6.07, 6.45) is 8.33. The molecule has 1 fully saturated rings. The molecule has 146 valence electrons. The van der Waals surface area contributed by atoms with Crippen LogP contribution in [-0.2, 0) is 19.3 Å². The van der Waals surface area contributed by atoms with Crippen LogP contribution >= 0.6 is 0 Å². The van der Waals surface area contributed by atoms with Gasteiger partial charge in [-0.1, -0.05) is 36.8 Å². The van der Waals surface area contributed by atoms with Crippen molar-refractivity contribution in [2.75, 3.05) is 19.0 Å². The average Bonchev–Trinajstić information content (AvgIpc) is 2.63. The molecule has 1 aromatic rings. The van der Waals surface area contributed by atoms with E-state index in [2.05, 4.69) is 13.0 Å². The highest BCUT2D eigenvalue weighted by Gasteiger charge is 2.15. The molecular formula is C21H32O4S. The Kier molecular flexibility index (Phi) is 8.82. The van der Waals surface area contributed by atoms with Crippen LogP contribution in [-0.4, -0.2) is 33.7 Å². The van der Waals surface area contributed by atoms with Crippen molar-refractivity contribution >= 4 is 9.84 Å². The highest BCUT2D eigenvalue weighted by atomic mass is 32.2. The van der Waals surface area contributed by atoms with Crippen LogP contribution in [0.2, 0.25) is 0 Å². The van der Waals surface area contributed by atoms with Gasteiger partial charge < -0.3 is 9.47 Å². The fourth-order valence-corrected chi connectivity index (χ4v) is 4.53. The minimum absolute atomic E-state index is 0.0127. The second kappa shape index (κ2) is 10.9. The normalized spacial score (nSPS) is 20.1. The van der Waals surface area contributed by atoms with E-state index in [9.17, 15) is 8.42 Å². The molecule has 4 nitrogen and oxygen atoms in total. The fourth-order valence-electron chi connectivity index (χ4n) is 3.07. The third kappa shape index (κ3) is 7.60. The summed E-state index contributed by atoms with van der Waals surface area (Å²) in [6, 6.07) is 8.65. The first-order chi connectivity index (χ1) is 12.5. The van der Waals surface area contributed by atoms with Gasteiger partial charge in [0.05, 0.1) is 10.6 Å². The zero-order valence-corrected chi connectivity index (χ0v) is 16.8. The largest absolute Gasteiger partial charge is 0.353 e. The Hall–Kier alpha value is -1.17. The number of ether oxygens (including phenoxy) is 2. The number of hydrogen-bond donors (Lipinski definition) is 0. The Morgan fingerprint density at radius 1 is 1.27 bits per heavy atom. The summed E-state index contributed by atoms with van der Waals surface area (Å²) >= 11 is 0. The van der Waals surface area contributed by atoms with Gasteiger partial charge in [-0.25, -0.2) is 8.42 Å². The number of rotatable bonds is 10. The van der Waals surface area contributed by atoms with Gasteiger partial charge in [0.25, 0.3) is 0 Å². The van der Waals surface area contributed by atoms with Crippen LogP contribution in [0.5, 0.6) is 0 Å². The molecule has 1 aliphatic rings. The van der Waals surface area contributed by atoms with Gasteiger partial charge in [-0.05, 0) is 63.5 Å². The minimum atomic E-state index is -3.24. The van der Waals surface area contributed by atoms with Crippen LogP contribution < -0.4 is 0 Å². The van der Waals surface area contributed by atoms with Crippen LogP contribution in [0.1, 0.15) is 52.4 Å². The van der Waals surface area contributed by atoms with Gasteiger partial charge >= 0.3 is 0 Å². The van der Waals surface area contributed by atoms with Crippen molar-refractivity contribution in [2.24, 2.45) is 5.92 Å². The molecule has 26 heavy (non-hydrogen) atoms. The first-order valence-corrected chi connectivity index (χ1v) is 11.3. The molecule has 2 unspecified atom stereocenters. The Morgan fingerprint density at radius 2 is 2.04 bits per heavy atom. The van der Waals surface area contributed by atoms with Gasteiger partial charge in [0.1, 0.15) is 0 Å². The summed E-state index contributed by atoms with van der Waals surface area (Å²) in [7, 11) is -3.24. The Labute approximate surface area is 158 Å². The van der Waals surface area contributed by atoms with Crippen molar-refractivity contribution in [3.05, 3.63) is 42.0 Å². The summed E-state index contributed by atoms with van der Waals surface area (Å²) in [6.45, 7) is 5.66. The molecule has 1 aromatic carbocycles. The Morgan fingerprint density at radius 3 is 2.73 bits per heavy atom. The third-order valence-electron chi connectivity index (χ3n) is 4.72. The second-order valence-electron chi connectivity index (χ2n) is 7.26. The lowest BCUT2D eigenvalue weighted by molar-refractivity contribution is -0.163. The molecule has 5 heteroatoms. The number of sulfone groups is 1. The van der Waals surface area contributed by atoms with Crippen LogP contribution in [0.15, 0.2) is 46.9 Å². The first-order valence-electron chi connectivity index (χ1n) is 9.64. The molecule has 2 rings (SSSR count). The van der Waals surface area contributed by atoms with E-state index in [0.717, 1.165) is 50.9 Å². The highest BCUT2D eigenvalue weighted by Crippen LogP contribution is 2.18. The van der Waals surface area contributed by atoms with Crippen LogP contribution in [0.25, 0.3) is 0 Å². The van der Waals surface area contributed by atoms with E-state index in [1.54, 1.807) is 24.3 Å². The molecule has 0 aromatic heterocycles. The fraction of sp³-hybridized carbons (Fsp3) is 0.619. The SMILES string of the molecule is CC(=CCCC(C)CCOC1CCCCO1)CS(=O)(=O)c1ccccc1. The quantitative estimate of drug-likeness (QED) is 0.549. The van der Waals surface area contributed by atoms with Gasteiger partial charge in [-0.3, -0.25) is 0 Å². The predicted octanol–water partition coefficient (Wildman–Crippen LogP) is 4.76. The molecule has 0 radical (unpaired) electrons.